The van der Waals surface area contributed by atoms with Gasteiger partial charge in [-0.15, -0.1) is 0 Å². The minimum absolute atomic E-state index is 0.0611. The van der Waals surface area contributed by atoms with Crippen molar-refractivity contribution in [3.05, 3.63) is 23.2 Å². The van der Waals surface area contributed by atoms with Gasteiger partial charge in [-0.2, -0.15) is 9.59 Å². The number of rotatable bonds is 3. The van der Waals surface area contributed by atoms with Crippen LogP contribution in [0.25, 0.3) is 0 Å². The van der Waals surface area contributed by atoms with Gasteiger partial charge >= 0.3 is 6.15 Å². The molecule has 0 amide bonds. The molecule has 5 nitrogen and oxygen atoms in total. The first-order chi connectivity index (χ1) is 7.86. The number of halogens is 2. The highest BCUT2D eigenvalue weighted by Gasteiger charge is 2.14. The summed E-state index contributed by atoms with van der Waals surface area (Å²) in [4.78, 5) is 16.1. The third kappa shape index (κ3) is 5.70. The Morgan fingerprint density at radius 3 is 2.24 bits per heavy atom. The van der Waals surface area contributed by atoms with Crippen molar-refractivity contribution in [1.82, 2.24) is 0 Å². The minimum atomic E-state index is -3.78. The second-order valence-electron chi connectivity index (χ2n) is 2.55. The Balaban J connectivity index is 0.000000770. The first-order valence-electron chi connectivity index (χ1n) is 4.23. The number of hydrogen-bond donors (Lipinski definition) is 0. The van der Waals surface area contributed by atoms with Crippen LogP contribution >= 0.6 is 22.3 Å². The summed E-state index contributed by atoms with van der Waals surface area (Å²) < 4.78 is 27.1. The Hall–Kier alpha value is -1.07. The summed E-state index contributed by atoms with van der Waals surface area (Å²) in [6.07, 6.45) is 0.250. The molecule has 0 spiro atoms. The smallest absolute Gasteiger partial charge is 0.373 e. The molecule has 0 fully saturated rings. The van der Waals surface area contributed by atoms with Crippen LogP contribution in [0.1, 0.15) is 6.92 Å². The largest absolute Gasteiger partial charge is 0.494 e. The molecule has 1 rings (SSSR count). The third-order valence-corrected chi connectivity index (χ3v) is 3.28. The predicted molar refractivity (Wildman–Crippen MR) is 60.7 cm³/mol. The second kappa shape index (κ2) is 7.29. The fraction of sp³-hybridized carbons (Fsp3) is 0.222. The maximum absolute atomic E-state index is 11.0. The van der Waals surface area contributed by atoms with Crippen molar-refractivity contribution in [3.8, 4) is 5.75 Å². The van der Waals surface area contributed by atoms with Gasteiger partial charge < -0.3 is 4.74 Å². The van der Waals surface area contributed by atoms with E-state index >= 15 is 0 Å². The van der Waals surface area contributed by atoms with Crippen LogP contribution < -0.4 is 4.74 Å². The van der Waals surface area contributed by atoms with Crippen LogP contribution in [0.2, 0.25) is 5.02 Å². The zero-order chi connectivity index (χ0) is 13.5. The Labute approximate surface area is 108 Å². The molecule has 0 saturated carbocycles. The molecular weight excluding hydrogens is 291 g/mol. The van der Waals surface area contributed by atoms with E-state index in [9.17, 15) is 8.42 Å². The van der Waals surface area contributed by atoms with Gasteiger partial charge in [0.25, 0.3) is 9.05 Å². The lowest BCUT2D eigenvalue weighted by atomic mass is 10.3. The Morgan fingerprint density at radius 1 is 1.35 bits per heavy atom. The normalized spacial score (nSPS) is 9.82. The lowest BCUT2D eigenvalue weighted by molar-refractivity contribution is -0.191. The minimum Gasteiger partial charge on any atom is -0.494 e. The highest BCUT2D eigenvalue weighted by atomic mass is 35.7. The quantitative estimate of drug-likeness (QED) is 0.799. The maximum Gasteiger partial charge on any atom is 0.373 e. The van der Waals surface area contributed by atoms with Crippen molar-refractivity contribution in [3.63, 3.8) is 0 Å². The molecule has 0 aliphatic rings. The van der Waals surface area contributed by atoms with Crippen molar-refractivity contribution < 1.29 is 22.7 Å². The molecule has 0 atom stereocenters. The van der Waals surface area contributed by atoms with Crippen LogP contribution in [0.5, 0.6) is 5.75 Å². The molecule has 0 radical (unpaired) electrons. The molecule has 0 aliphatic heterocycles. The van der Waals surface area contributed by atoms with Crippen LogP contribution in [-0.2, 0) is 18.6 Å². The molecule has 0 aromatic heterocycles. The topological polar surface area (TPSA) is 77.5 Å². The molecule has 1 aromatic rings. The van der Waals surface area contributed by atoms with Crippen molar-refractivity contribution in [2.24, 2.45) is 0 Å². The monoisotopic (exact) mass is 298 g/mol. The number of ether oxygens (including phenoxy) is 1. The molecule has 0 N–H and O–H groups in total. The molecular formula is C9H8Cl2O5S. The lowest BCUT2D eigenvalue weighted by Crippen LogP contribution is -1.95. The highest BCUT2D eigenvalue weighted by molar-refractivity contribution is 8.13. The second-order valence-corrected chi connectivity index (χ2v) is 5.49. The van der Waals surface area contributed by atoms with E-state index in [4.69, 9.17) is 36.6 Å². The molecule has 94 valence electrons. The summed E-state index contributed by atoms with van der Waals surface area (Å²) >= 11 is 5.71. The van der Waals surface area contributed by atoms with Gasteiger partial charge in [-0.3, -0.25) is 0 Å². The first kappa shape index (κ1) is 15.9. The standard InChI is InChI=1S/C8H8Cl2O3S.CO2/c1-2-13-6-3-4-8(7(9)5-6)14(10,11)12;2-1-3/h3-5H,2H2,1H3;. The molecule has 17 heavy (non-hydrogen) atoms. The van der Waals surface area contributed by atoms with Crippen LogP contribution in [0, 0.1) is 0 Å². The SMILES string of the molecule is CCOc1ccc(S(=O)(=O)Cl)c(Cl)c1.O=C=O. The Morgan fingerprint density at radius 2 is 1.88 bits per heavy atom. The summed E-state index contributed by atoms with van der Waals surface area (Å²) in [7, 11) is 1.36. The third-order valence-electron chi connectivity index (χ3n) is 1.48. The van der Waals surface area contributed by atoms with Crippen molar-refractivity contribution in [2.75, 3.05) is 6.61 Å². The summed E-state index contributed by atoms with van der Waals surface area (Å²) in [5.41, 5.74) is 0. The van der Waals surface area contributed by atoms with E-state index in [1.165, 1.54) is 18.2 Å². The summed E-state index contributed by atoms with van der Waals surface area (Å²) in [6.45, 7) is 2.31. The summed E-state index contributed by atoms with van der Waals surface area (Å²) in [5, 5.41) is 0.0611. The Kier molecular flexibility index (Phi) is 6.83. The van der Waals surface area contributed by atoms with Gasteiger partial charge in [-0.05, 0) is 19.1 Å². The van der Waals surface area contributed by atoms with Crippen LogP contribution in [-0.4, -0.2) is 21.2 Å². The number of benzene rings is 1. The molecule has 1 aromatic carbocycles. The zero-order valence-corrected chi connectivity index (χ0v) is 11.0. The number of carbonyl (C=O) groups excluding carboxylic acids is 2. The van der Waals surface area contributed by atoms with Crippen LogP contribution in [0.3, 0.4) is 0 Å². The zero-order valence-electron chi connectivity index (χ0n) is 8.64. The van der Waals surface area contributed by atoms with E-state index in [1.807, 2.05) is 6.92 Å². The van der Waals surface area contributed by atoms with E-state index in [-0.39, 0.29) is 16.1 Å². The maximum atomic E-state index is 11.0. The van der Waals surface area contributed by atoms with Crippen molar-refractivity contribution >= 4 is 37.5 Å². The number of hydrogen-bond acceptors (Lipinski definition) is 5. The summed E-state index contributed by atoms with van der Waals surface area (Å²) in [5.74, 6) is 0.515. The van der Waals surface area contributed by atoms with E-state index in [0.29, 0.717) is 12.4 Å². The van der Waals surface area contributed by atoms with E-state index in [2.05, 4.69) is 0 Å². The van der Waals surface area contributed by atoms with Gasteiger partial charge in [0.05, 0.1) is 11.6 Å². The molecule has 0 unspecified atom stereocenters. The summed E-state index contributed by atoms with van der Waals surface area (Å²) in [6, 6.07) is 4.24. The van der Waals surface area contributed by atoms with E-state index in [1.54, 1.807) is 0 Å². The first-order valence-corrected chi connectivity index (χ1v) is 6.91. The molecule has 0 saturated heterocycles. The van der Waals surface area contributed by atoms with Crippen molar-refractivity contribution in [2.45, 2.75) is 11.8 Å². The fourth-order valence-electron chi connectivity index (χ4n) is 0.936. The average Bonchev–Trinajstić information content (AvgIpc) is 2.17. The van der Waals surface area contributed by atoms with Gasteiger partial charge in [0.2, 0.25) is 0 Å². The van der Waals surface area contributed by atoms with Crippen LogP contribution in [0.15, 0.2) is 23.1 Å². The van der Waals surface area contributed by atoms with E-state index in [0.717, 1.165) is 0 Å². The van der Waals surface area contributed by atoms with Crippen LogP contribution in [0.4, 0.5) is 0 Å². The van der Waals surface area contributed by atoms with Gasteiger partial charge in [0.1, 0.15) is 10.6 Å². The molecule has 8 heteroatoms. The fourth-order valence-corrected chi connectivity index (χ4v) is 2.46. The average molecular weight is 299 g/mol. The van der Waals surface area contributed by atoms with Gasteiger partial charge in [0, 0.05) is 16.7 Å². The predicted octanol–water partition coefficient (Wildman–Crippen LogP) is 2.08. The van der Waals surface area contributed by atoms with Gasteiger partial charge in [-0.25, -0.2) is 8.42 Å². The highest BCUT2D eigenvalue weighted by Crippen LogP contribution is 2.28. The van der Waals surface area contributed by atoms with Crippen molar-refractivity contribution in [1.29, 1.82) is 0 Å². The molecule has 0 heterocycles. The Bertz CT molecular complexity index is 506. The van der Waals surface area contributed by atoms with Gasteiger partial charge in [-0.1, -0.05) is 11.6 Å². The molecule has 0 bridgehead atoms. The lowest BCUT2D eigenvalue weighted by Gasteiger charge is -2.04. The van der Waals surface area contributed by atoms with Gasteiger partial charge in [0.15, 0.2) is 0 Å². The van der Waals surface area contributed by atoms with E-state index < -0.39 is 9.05 Å². The molecule has 0 aliphatic carbocycles.